The summed E-state index contributed by atoms with van der Waals surface area (Å²) in [6, 6.07) is 5.44. The average molecular weight is 273 g/mol. The van der Waals surface area contributed by atoms with Gasteiger partial charge in [-0.05, 0) is 43.9 Å². The summed E-state index contributed by atoms with van der Waals surface area (Å²) in [4.78, 5) is 1.95. The molecule has 1 atom stereocenters. The van der Waals surface area contributed by atoms with Crippen molar-refractivity contribution >= 4 is 5.69 Å². The van der Waals surface area contributed by atoms with Crippen LogP contribution in [-0.4, -0.2) is 24.3 Å². The van der Waals surface area contributed by atoms with E-state index in [4.69, 9.17) is 0 Å². The first-order chi connectivity index (χ1) is 8.88. The number of anilines is 1. The number of rotatable bonds is 2. The molecule has 2 nitrogen and oxygen atoms in total. The fourth-order valence-electron chi connectivity index (χ4n) is 2.52. The van der Waals surface area contributed by atoms with E-state index < -0.39 is 11.7 Å². The Morgan fingerprint density at radius 1 is 1.26 bits per heavy atom. The average Bonchev–Trinajstić information content (AvgIpc) is 2.38. The molecule has 0 aromatic heterocycles. The zero-order chi connectivity index (χ0) is 14.0. The summed E-state index contributed by atoms with van der Waals surface area (Å²) < 4.78 is 38.0. The van der Waals surface area contributed by atoms with Gasteiger partial charge in [0.15, 0.2) is 0 Å². The molecule has 0 radical (unpaired) electrons. The molecule has 19 heavy (non-hydrogen) atoms. The van der Waals surface area contributed by atoms with Gasteiger partial charge < -0.3 is 10.0 Å². The molecule has 5 heteroatoms. The molecule has 1 N–H and O–H groups in total. The van der Waals surface area contributed by atoms with Crippen LogP contribution in [0.2, 0.25) is 0 Å². The Balaban J connectivity index is 2.08. The number of halogens is 3. The van der Waals surface area contributed by atoms with E-state index in [0.717, 1.165) is 18.9 Å². The van der Waals surface area contributed by atoms with Gasteiger partial charge in [-0.3, -0.25) is 0 Å². The van der Waals surface area contributed by atoms with E-state index in [1.807, 2.05) is 4.90 Å². The number of piperidine rings is 1. The smallest absolute Gasteiger partial charge is 0.393 e. The van der Waals surface area contributed by atoms with E-state index in [1.54, 1.807) is 13.0 Å². The van der Waals surface area contributed by atoms with Gasteiger partial charge in [0, 0.05) is 18.8 Å². The topological polar surface area (TPSA) is 23.5 Å². The van der Waals surface area contributed by atoms with E-state index in [-0.39, 0.29) is 12.0 Å². The van der Waals surface area contributed by atoms with Crippen molar-refractivity contribution in [2.45, 2.75) is 32.0 Å². The quantitative estimate of drug-likeness (QED) is 0.893. The van der Waals surface area contributed by atoms with Crippen LogP contribution in [0.15, 0.2) is 24.3 Å². The molecular formula is C14H18F3NO. The standard InChI is InChI=1S/C14H18F3NO/c1-10(19)11-5-7-18(8-6-11)13-4-2-3-12(9-13)14(15,16)17/h2-4,9-11,19H,5-8H2,1H3/t10-/m1/s1. The normalized spacial score (nSPS) is 19.5. The summed E-state index contributed by atoms with van der Waals surface area (Å²) >= 11 is 0. The molecule has 0 bridgehead atoms. The Bertz CT molecular complexity index is 423. The molecule has 1 aliphatic rings. The van der Waals surface area contributed by atoms with Crippen molar-refractivity contribution in [1.82, 2.24) is 0 Å². The monoisotopic (exact) mass is 273 g/mol. The number of alkyl halides is 3. The summed E-state index contributed by atoms with van der Waals surface area (Å²) in [6.07, 6.45) is -3.01. The summed E-state index contributed by atoms with van der Waals surface area (Å²) in [5.41, 5.74) is 0.00141. The SMILES string of the molecule is C[C@@H](O)C1CCN(c2cccc(C(F)(F)F)c2)CC1. The minimum Gasteiger partial charge on any atom is -0.393 e. The van der Waals surface area contributed by atoms with Gasteiger partial charge in [-0.15, -0.1) is 0 Å². The van der Waals surface area contributed by atoms with Gasteiger partial charge in [-0.2, -0.15) is 13.2 Å². The van der Waals surface area contributed by atoms with E-state index in [2.05, 4.69) is 0 Å². The van der Waals surface area contributed by atoms with Crippen molar-refractivity contribution in [3.8, 4) is 0 Å². The van der Waals surface area contributed by atoms with Gasteiger partial charge in [-0.25, -0.2) is 0 Å². The highest BCUT2D eigenvalue weighted by atomic mass is 19.4. The molecule has 0 saturated carbocycles. The minimum atomic E-state index is -4.30. The van der Waals surface area contributed by atoms with Gasteiger partial charge in [-0.1, -0.05) is 6.07 Å². The van der Waals surface area contributed by atoms with E-state index >= 15 is 0 Å². The molecule has 1 aromatic rings. The first-order valence-electron chi connectivity index (χ1n) is 6.48. The highest BCUT2D eigenvalue weighted by Gasteiger charge is 2.31. The molecule has 0 spiro atoms. The zero-order valence-corrected chi connectivity index (χ0v) is 10.8. The van der Waals surface area contributed by atoms with Crippen LogP contribution in [0.5, 0.6) is 0 Å². The molecule has 1 fully saturated rings. The lowest BCUT2D eigenvalue weighted by Gasteiger charge is -2.35. The zero-order valence-electron chi connectivity index (χ0n) is 10.8. The summed E-state index contributed by atoms with van der Waals surface area (Å²) in [5.74, 6) is 0.252. The van der Waals surface area contributed by atoms with E-state index in [1.165, 1.54) is 12.1 Å². The van der Waals surface area contributed by atoms with Crippen molar-refractivity contribution in [2.75, 3.05) is 18.0 Å². The molecular weight excluding hydrogens is 255 g/mol. The van der Waals surface area contributed by atoms with Crippen LogP contribution in [-0.2, 0) is 6.18 Å². The van der Waals surface area contributed by atoms with Crippen LogP contribution in [0, 0.1) is 5.92 Å². The van der Waals surface area contributed by atoms with Crippen LogP contribution < -0.4 is 4.90 Å². The Labute approximate surface area is 110 Å². The molecule has 1 aliphatic heterocycles. The maximum atomic E-state index is 12.7. The molecule has 0 unspecified atom stereocenters. The van der Waals surface area contributed by atoms with Crippen LogP contribution in [0.25, 0.3) is 0 Å². The maximum absolute atomic E-state index is 12.7. The lowest BCUT2D eigenvalue weighted by Crippen LogP contribution is -2.37. The van der Waals surface area contributed by atoms with Crippen molar-refractivity contribution in [3.63, 3.8) is 0 Å². The molecule has 106 valence electrons. The highest BCUT2D eigenvalue weighted by Crippen LogP contribution is 2.33. The third-order valence-corrected chi connectivity index (χ3v) is 3.76. The van der Waals surface area contributed by atoms with Gasteiger partial charge in [0.1, 0.15) is 0 Å². The molecule has 1 aromatic carbocycles. The number of hydrogen-bond acceptors (Lipinski definition) is 2. The molecule has 1 heterocycles. The Morgan fingerprint density at radius 3 is 2.42 bits per heavy atom. The largest absolute Gasteiger partial charge is 0.416 e. The predicted molar refractivity (Wildman–Crippen MR) is 68.1 cm³/mol. The van der Waals surface area contributed by atoms with Crippen LogP contribution in [0.3, 0.4) is 0 Å². The summed E-state index contributed by atoms with van der Waals surface area (Å²) in [6.45, 7) is 3.15. The lowest BCUT2D eigenvalue weighted by atomic mass is 9.92. The Hall–Kier alpha value is -1.23. The van der Waals surface area contributed by atoms with Gasteiger partial charge >= 0.3 is 6.18 Å². The first-order valence-corrected chi connectivity index (χ1v) is 6.48. The highest BCUT2D eigenvalue weighted by molar-refractivity contribution is 5.49. The second kappa shape index (κ2) is 5.41. The second-order valence-electron chi connectivity index (χ2n) is 5.11. The molecule has 1 saturated heterocycles. The van der Waals surface area contributed by atoms with E-state index in [9.17, 15) is 18.3 Å². The van der Waals surface area contributed by atoms with Gasteiger partial charge in [0.2, 0.25) is 0 Å². The number of aliphatic hydroxyl groups is 1. The van der Waals surface area contributed by atoms with E-state index in [0.29, 0.717) is 18.8 Å². The molecule has 0 amide bonds. The number of nitrogens with zero attached hydrogens (tertiary/aromatic N) is 1. The first kappa shape index (κ1) is 14.2. The Morgan fingerprint density at radius 2 is 1.89 bits per heavy atom. The molecule has 0 aliphatic carbocycles. The fraction of sp³-hybridized carbons (Fsp3) is 0.571. The molecule has 2 rings (SSSR count). The van der Waals surface area contributed by atoms with Crippen LogP contribution >= 0.6 is 0 Å². The van der Waals surface area contributed by atoms with Crippen molar-refractivity contribution in [3.05, 3.63) is 29.8 Å². The predicted octanol–water partition coefficient (Wildman–Crippen LogP) is 3.30. The third-order valence-electron chi connectivity index (χ3n) is 3.76. The number of aliphatic hydroxyl groups excluding tert-OH is 1. The second-order valence-corrected chi connectivity index (χ2v) is 5.11. The van der Waals surface area contributed by atoms with Gasteiger partial charge in [0.05, 0.1) is 11.7 Å². The van der Waals surface area contributed by atoms with Crippen molar-refractivity contribution in [2.24, 2.45) is 5.92 Å². The third kappa shape index (κ3) is 3.41. The summed E-state index contributed by atoms with van der Waals surface area (Å²) in [5, 5.41) is 9.52. The van der Waals surface area contributed by atoms with Gasteiger partial charge in [0.25, 0.3) is 0 Å². The van der Waals surface area contributed by atoms with Crippen LogP contribution in [0.4, 0.5) is 18.9 Å². The lowest BCUT2D eigenvalue weighted by molar-refractivity contribution is -0.137. The Kier molecular flexibility index (Phi) is 4.04. The van der Waals surface area contributed by atoms with Crippen molar-refractivity contribution < 1.29 is 18.3 Å². The number of benzene rings is 1. The minimum absolute atomic E-state index is 0.252. The number of hydrogen-bond donors (Lipinski definition) is 1. The van der Waals surface area contributed by atoms with Crippen molar-refractivity contribution in [1.29, 1.82) is 0 Å². The van der Waals surface area contributed by atoms with Crippen LogP contribution in [0.1, 0.15) is 25.3 Å². The maximum Gasteiger partial charge on any atom is 0.416 e. The summed E-state index contributed by atoms with van der Waals surface area (Å²) in [7, 11) is 0. The fourth-order valence-corrected chi connectivity index (χ4v) is 2.52.